The molecule has 1 amide bonds. The van der Waals surface area contributed by atoms with E-state index < -0.39 is 10.0 Å². The average molecular weight is 482 g/mol. The first-order chi connectivity index (χ1) is 16.3. The molecule has 0 spiro atoms. The van der Waals surface area contributed by atoms with E-state index in [1.54, 1.807) is 24.3 Å². The second-order valence-electron chi connectivity index (χ2n) is 8.75. The van der Waals surface area contributed by atoms with Gasteiger partial charge in [0.05, 0.1) is 23.7 Å². The van der Waals surface area contributed by atoms with Gasteiger partial charge in [-0.25, -0.2) is 8.42 Å². The van der Waals surface area contributed by atoms with Crippen LogP contribution in [0.1, 0.15) is 30.9 Å². The van der Waals surface area contributed by atoms with Gasteiger partial charge in [-0.05, 0) is 56.6 Å². The third kappa shape index (κ3) is 5.72. The molecule has 0 saturated carbocycles. The van der Waals surface area contributed by atoms with Crippen LogP contribution < -0.4 is 5.32 Å². The molecule has 9 heteroatoms. The minimum Gasteiger partial charge on any atom is -0.325 e. The Labute approximate surface area is 201 Å². The number of amides is 1. The number of anilines is 1. The summed E-state index contributed by atoms with van der Waals surface area (Å²) in [4.78, 5) is 15.0. The maximum atomic E-state index is 12.8. The standard InChI is InChI=1S/C25H31N5O3S/c1-20(28(2)17-22-16-26-29(19-22)18-21-8-4-3-5-9-21)25(31)27-23-10-12-24(13-11-23)34(32,33)30-14-6-7-15-30/h3-5,8-13,16,19-20H,6-7,14-15,17-18H2,1-2H3,(H,27,31)/t20-/m1/s1. The number of benzene rings is 2. The molecule has 0 unspecified atom stereocenters. The van der Waals surface area contributed by atoms with Crippen LogP contribution in [0.5, 0.6) is 0 Å². The molecule has 1 saturated heterocycles. The van der Waals surface area contributed by atoms with Gasteiger partial charge in [-0.2, -0.15) is 9.40 Å². The SMILES string of the molecule is C[C@H](C(=O)Nc1ccc(S(=O)(=O)N2CCCC2)cc1)N(C)Cc1cnn(Cc2ccccc2)c1. The van der Waals surface area contributed by atoms with E-state index >= 15 is 0 Å². The van der Waals surface area contributed by atoms with Crippen molar-refractivity contribution in [2.75, 3.05) is 25.5 Å². The molecule has 1 fully saturated rings. The summed E-state index contributed by atoms with van der Waals surface area (Å²) in [5.74, 6) is -0.158. The summed E-state index contributed by atoms with van der Waals surface area (Å²) >= 11 is 0. The van der Waals surface area contributed by atoms with Gasteiger partial charge in [-0.3, -0.25) is 14.4 Å². The molecule has 0 radical (unpaired) electrons. The van der Waals surface area contributed by atoms with Gasteiger partial charge in [0.2, 0.25) is 15.9 Å². The van der Waals surface area contributed by atoms with E-state index in [0.717, 1.165) is 18.4 Å². The summed E-state index contributed by atoms with van der Waals surface area (Å²) in [5.41, 5.74) is 2.77. The van der Waals surface area contributed by atoms with Crippen molar-refractivity contribution < 1.29 is 13.2 Å². The molecule has 1 N–H and O–H groups in total. The van der Waals surface area contributed by atoms with Gasteiger partial charge in [0, 0.05) is 37.1 Å². The van der Waals surface area contributed by atoms with Crippen molar-refractivity contribution in [3.05, 3.63) is 78.1 Å². The fourth-order valence-electron chi connectivity index (χ4n) is 4.00. The molecule has 2 heterocycles. The van der Waals surface area contributed by atoms with Crippen molar-refractivity contribution in [2.45, 2.75) is 43.8 Å². The molecule has 0 bridgehead atoms. The Hall–Kier alpha value is -3.01. The summed E-state index contributed by atoms with van der Waals surface area (Å²) in [6, 6.07) is 16.1. The maximum Gasteiger partial charge on any atom is 0.243 e. The van der Waals surface area contributed by atoms with Crippen LogP contribution in [-0.4, -0.2) is 59.5 Å². The highest BCUT2D eigenvalue weighted by molar-refractivity contribution is 7.89. The van der Waals surface area contributed by atoms with Crippen molar-refractivity contribution >= 4 is 21.6 Å². The van der Waals surface area contributed by atoms with E-state index in [0.29, 0.717) is 31.9 Å². The zero-order valence-corrected chi connectivity index (χ0v) is 20.4. The Morgan fingerprint density at radius 1 is 1.06 bits per heavy atom. The lowest BCUT2D eigenvalue weighted by Crippen LogP contribution is -2.39. The monoisotopic (exact) mass is 481 g/mol. The molecule has 3 aromatic rings. The van der Waals surface area contributed by atoms with E-state index in [2.05, 4.69) is 22.5 Å². The highest BCUT2D eigenvalue weighted by Crippen LogP contribution is 2.22. The highest BCUT2D eigenvalue weighted by atomic mass is 32.2. The summed E-state index contributed by atoms with van der Waals surface area (Å²) in [6.45, 7) is 4.25. The van der Waals surface area contributed by atoms with Gasteiger partial charge in [0.1, 0.15) is 0 Å². The molecule has 2 aromatic carbocycles. The Morgan fingerprint density at radius 2 is 1.74 bits per heavy atom. The minimum absolute atomic E-state index is 0.158. The van der Waals surface area contributed by atoms with Crippen LogP contribution in [0.4, 0.5) is 5.69 Å². The van der Waals surface area contributed by atoms with Crippen molar-refractivity contribution in [2.24, 2.45) is 0 Å². The molecule has 1 atom stereocenters. The summed E-state index contributed by atoms with van der Waals surface area (Å²) in [5, 5.41) is 7.31. The third-order valence-corrected chi connectivity index (χ3v) is 8.08. The highest BCUT2D eigenvalue weighted by Gasteiger charge is 2.27. The lowest BCUT2D eigenvalue weighted by Gasteiger charge is -2.23. The van der Waals surface area contributed by atoms with Gasteiger partial charge in [0.15, 0.2) is 0 Å². The molecule has 1 aliphatic heterocycles. The molecule has 180 valence electrons. The van der Waals surface area contributed by atoms with Gasteiger partial charge in [0.25, 0.3) is 0 Å². The van der Waals surface area contributed by atoms with Gasteiger partial charge < -0.3 is 5.32 Å². The second-order valence-corrected chi connectivity index (χ2v) is 10.7. The zero-order chi connectivity index (χ0) is 24.1. The van der Waals surface area contributed by atoms with Crippen molar-refractivity contribution in [3.8, 4) is 0 Å². The van der Waals surface area contributed by atoms with Gasteiger partial charge in [-0.1, -0.05) is 30.3 Å². The molecule has 0 aliphatic carbocycles. The largest absolute Gasteiger partial charge is 0.325 e. The second kappa shape index (κ2) is 10.5. The van der Waals surface area contributed by atoms with Gasteiger partial charge in [-0.15, -0.1) is 0 Å². The van der Waals surface area contributed by atoms with Crippen LogP contribution in [0.15, 0.2) is 71.9 Å². The molecule has 1 aromatic heterocycles. The predicted octanol–water partition coefficient (Wildman–Crippen LogP) is 3.17. The van der Waals surface area contributed by atoms with Crippen LogP contribution in [0.3, 0.4) is 0 Å². The first-order valence-electron chi connectivity index (χ1n) is 11.5. The number of rotatable bonds is 9. The topological polar surface area (TPSA) is 87.5 Å². The molecular formula is C25H31N5O3S. The number of nitrogens with zero attached hydrogens (tertiary/aromatic N) is 4. The van der Waals surface area contributed by atoms with Crippen molar-refractivity contribution in [1.82, 2.24) is 19.0 Å². The number of hydrogen-bond acceptors (Lipinski definition) is 5. The Kier molecular flexibility index (Phi) is 7.45. The zero-order valence-electron chi connectivity index (χ0n) is 19.6. The quantitative estimate of drug-likeness (QED) is 0.507. The minimum atomic E-state index is -3.46. The average Bonchev–Trinajstić information content (AvgIpc) is 3.52. The van der Waals surface area contributed by atoms with Crippen LogP contribution in [0.2, 0.25) is 0 Å². The molecule has 4 rings (SSSR count). The van der Waals surface area contributed by atoms with E-state index in [9.17, 15) is 13.2 Å². The van der Waals surface area contributed by atoms with E-state index in [1.807, 2.05) is 54.1 Å². The number of sulfonamides is 1. The number of carbonyl (C=O) groups excluding carboxylic acids is 1. The Balaban J connectivity index is 1.32. The number of hydrogen-bond donors (Lipinski definition) is 1. The summed E-state index contributed by atoms with van der Waals surface area (Å²) in [7, 11) is -1.57. The van der Waals surface area contributed by atoms with E-state index in [4.69, 9.17) is 0 Å². The normalized spacial score (nSPS) is 15.5. The molecule has 34 heavy (non-hydrogen) atoms. The summed E-state index contributed by atoms with van der Waals surface area (Å²) < 4.78 is 28.7. The fraction of sp³-hybridized carbons (Fsp3) is 0.360. The van der Waals surface area contributed by atoms with Gasteiger partial charge >= 0.3 is 0 Å². The molecule has 8 nitrogen and oxygen atoms in total. The van der Waals surface area contributed by atoms with E-state index in [-0.39, 0.29) is 16.8 Å². The van der Waals surface area contributed by atoms with Crippen molar-refractivity contribution in [1.29, 1.82) is 0 Å². The third-order valence-electron chi connectivity index (χ3n) is 6.17. The summed E-state index contributed by atoms with van der Waals surface area (Å²) in [6.07, 6.45) is 5.61. The predicted molar refractivity (Wildman–Crippen MR) is 132 cm³/mol. The first-order valence-corrected chi connectivity index (χ1v) is 12.9. The van der Waals surface area contributed by atoms with Crippen molar-refractivity contribution in [3.63, 3.8) is 0 Å². The number of carbonyl (C=O) groups is 1. The number of aromatic nitrogens is 2. The lowest BCUT2D eigenvalue weighted by atomic mass is 10.2. The van der Waals surface area contributed by atoms with E-state index in [1.165, 1.54) is 9.87 Å². The Bertz CT molecular complexity index is 1200. The molecule has 1 aliphatic rings. The van der Waals surface area contributed by atoms with Crippen LogP contribution in [0.25, 0.3) is 0 Å². The van der Waals surface area contributed by atoms with Crippen LogP contribution in [0, 0.1) is 0 Å². The van der Waals surface area contributed by atoms with Crippen LogP contribution >= 0.6 is 0 Å². The Morgan fingerprint density at radius 3 is 2.41 bits per heavy atom. The fourth-order valence-corrected chi connectivity index (χ4v) is 5.52. The number of nitrogens with one attached hydrogen (secondary N) is 1. The smallest absolute Gasteiger partial charge is 0.243 e. The lowest BCUT2D eigenvalue weighted by molar-refractivity contribution is -0.120. The first kappa shape index (κ1) is 24.1. The molecular weight excluding hydrogens is 450 g/mol. The number of likely N-dealkylation sites (N-methyl/N-ethyl adjacent to an activating group) is 1. The van der Waals surface area contributed by atoms with Crippen LogP contribution in [-0.2, 0) is 27.9 Å². The maximum absolute atomic E-state index is 12.8.